The van der Waals surface area contributed by atoms with Crippen molar-refractivity contribution in [2.45, 2.75) is 59.4 Å². The third kappa shape index (κ3) is 4.91. The quantitative estimate of drug-likeness (QED) is 0.750. The van der Waals surface area contributed by atoms with Crippen molar-refractivity contribution >= 4 is 0 Å². The van der Waals surface area contributed by atoms with Gasteiger partial charge in [0.05, 0.1) is 0 Å². The van der Waals surface area contributed by atoms with Crippen LogP contribution in [0.5, 0.6) is 0 Å². The van der Waals surface area contributed by atoms with Crippen LogP contribution in [0.25, 0.3) is 0 Å². The van der Waals surface area contributed by atoms with Crippen LogP contribution in [-0.4, -0.2) is 12.6 Å². The van der Waals surface area contributed by atoms with Gasteiger partial charge in [-0.1, -0.05) is 25.1 Å². The molecule has 0 spiro atoms. The van der Waals surface area contributed by atoms with E-state index in [-0.39, 0.29) is 0 Å². The lowest BCUT2D eigenvalue weighted by Crippen LogP contribution is -2.26. The minimum Gasteiger partial charge on any atom is -0.314 e. The van der Waals surface area contributed by atoms with Gasteiger partial charge in [0.1, 0.15) is 0 Å². The molecule has 1 unspecified atom stereocenters. The summed E-state index contributed by atoms with van der Waals surface area (Å²) in [6.45, 7) is 10.1. The highest BCUT2D eigenvalue weighted by Crippen LogP contribution is 2.16. The summed E-state index contributed by atoms with van der Waals surface area (Å²) in [6.07, 6.45) is 5.00. The molecule has 17 heavy (non-hydrogen) atoms. The number of hydrogen-bond donors (Lipinski definition) is 1. The van der Waals surface area contributed by atoms with Crippen molar-refractivity contribution < 1.29 is 0 Å². The van der Waals surface area contributed by atoms with Gasteiger partial charge in [-0.25, -0.2) is 0 Å². The molecule has 1 aromatic carbocycles. The van der Waals surface area contributed by atoms with Crippen molar-refractivity contribution in [2.24, 2.45) is 0 Å². The molecule has 0 bridgehead atoms. The van der Waals surface area contributed by atoms with E-state index in [0.717, 1.165) is 6.54 Å². The summed E-state index contributed by atoms with van der Waals surface area (Å²) in [4.78, 5) is 0. The minimum absolute atomic E-state index is 0.652. The number of nitrogens with one attached hydrogen (secondary N) is 1. The lowest BCUT2D eigenvalue weighted by Gasteiger charge is -2.14. The van der Waals surface area contributed by atoms with Crippen LogP contribution in [0.3, 0.4) is 0 Å². The predicted octanol–water partition coefficient (Wildman–Crippen LogP) is 4.01. The maximum absolute atomic E-state index is 3.55. The van der Waals surface area contributed by atoms with Gasteiger partial charge in [0, 0.05) is 6.04 Å². The van der Waals surface area contributed by atoms with E-state index in [1.54, 1.807) is 5.56 Å². The average molecular weight is 233 g/mol. The molecule has 0 aliphatic carbocycles. The molecule has 0 heterocycles. The van der Waals surface area contributed by atoms with E-state index in [1.165, 1.54) is 36.8 Å². The molecule has 0 aliphatic heterocycles. The second-order valence-electron chi connectivity index (χ2n) is 5.12. The Morgan fingerprint density at radius 2 is 1.82 bits per heavy atom. The zero-order valence-corrected chi connectivity index (χ0v) is 11.8. The highest BCUT2D eigenvalue weighted by atomic mass is 14.9. The second-order valence-corrected chi connectivity index (χ2v) is 5.12. The standard InChI is InChI=1S/C16H27N/c1-5-12-17-15(4)10-7-11-16-13(2)8-6-9-14(16)3/h6,8-9,15,17H,5,7,10-12H2,1-4H3. The van der Waals surface area contributed by atoms with E-state index in [0.29, 0.717) is 6.04 Å². The van der Waals surface area contributed by atoms with E-state index in [2.05, 4.69) is 51.2 Å². The van der Waals surface area contributed by atoms with Gasteiger partial charge in [0.25, 0.3) is 0 Å². The van der Waals surface area contributed by atoms with E-state index >= 15 is 0 Å². The highest BCUT2D eigenvalue weighted by Gasteiger charge is 2.04. The molecule has 1 atom stereocenters. The average Bonchev–Trinajstić information content (AvgIpc) is 2.30. The molecule has 1 N–H and O–H groups in total. The number of hydrogen-bond acceptors (Lipinski definition) is 1. The first-order valence-corrected chi connectivity index (χ1v) is 6.93. The van der Waals surface area contributed by atoms with Gasteiger partial charge >= 0.3 is 0 Å². The van der Waals surface area contributed by atoms with Crippen LogP contribution in [0.2, 0.25) is 0 Å². The van der Waals surface area contributed by atoms with Gasteiger partial charge < -0.3 is 5.32 Å². The molecule has 0 aromatic heterocycles. The molecule has 1 nitrogen and oxygen atoms in total. The first kappa shape index (κ1) is 14.2. The van der Waals surface area contributed by atoms with Gasteiger partial charge in [-0.05, 0) is 69.7 Å². The van der Waals surface area contributed by atoms with Crippen LogP contribution in [0.15, 0.2) is 18.2 Å². The lowest BCUT2D eigenvalue weighted by atomic mass is 9.97. The fourth-order valence-corrected chi connectivity index (χ4v) is 2.32. The van der Waals surface area contributed by atoms with Crippen molar-refractivity contribution in [2.75, 3.05) is 6.54 Å². The third-order valence-corrected chi connectivity index (χ3v) is 3.45. The molecule has 1 heteroatoms. The Kier molecular flexibility index (Phi) is 6.28. The summed E-state index contributed by atoms with van der Waals surface area (Å²) in [7, 11) is 0. The second kappa shape index (κ2) is 7.50. The lowest BCUT2D eigenvalue weighted by molar-refractivity contribution is 0.498. The Labute approximate surface area is 107 Å². The summed E-state index contributed by atoms with van der Waals surface area (Å²) >= 11 is 0. The maximum Gasteiger partial charge on any atom is 0.00388 e. The molecular formula is C16H27N. The smallest absolute Gasteiger partial charge is 0.00388 e. The van der Waals surface area contributed by atoms with Gasteiger partial charge in [-0.15, -0.1) is 0 Å². The SMILES string of the molecule is CCCNC(C)CCCc1c(C)cccc1C. The van der Waals surface area contributed by atoms with Gasteiger partial charge in [0.15, 0.2) is 0 Å². The van der Waals surface area contributed by atoms with Crippen LogP contribution in [0.4, 0.5) is 0 Å². The fourth-order valence-electron chi connectivity index (χ4n) is 2.32. The normalized spacial score (nSPS) is 12.7. The summed E-state index contributed by atoms with van der Waals surface area (Å²) < 4.78 is 0. The molecule has 0 amide bonds. The first-order valence-electron chi connectivity index (χ1n) is 6.93. The zero-order valence-electron chi connectivity index (χ0n) is 11.8. The Morgan fingerprint density at radius 3 is 2.41 bits per heavy atom. The molecule has 1 rings (SSSR count). The molecule has 0 saturated carbocycles. The Hall–Kier alpha value is -0.820. The number of benzene rings is 1. The van der Waals surface area contributed by atoms with Crippen molar-refractivity contribution in [1.29, 1.82) is 0 Å². The Morgan fingerprint density at radius 1 is 1.18 bits per heavy atom. The van der Waals surface area contributed by atoms with Gasteiger partial charge in [-0.2, -0.15) is 0 Å². The van der Waals surface area contributed by atoms with Crippen LogP contribution in [-0.2, 0) is 6.42 Å². The molecule has 1 aromatic rings. The fraction of sp³-hybridized carbons (Fsp3) is 0.625. The molecule has 0 fully saturated rings. The van der Waals surface area contributed by atoms with Crippen LogP contribution in [0.1, 0.15) is 49.8 Å². The van der Waals surface area contributed by atoms with Crippen molar-refractivity contribution in [3.63, 3.8) is 0 Å². The third-order valence-electron chi connectivity index (χ3n) is 3.45. The largest absolute Gasteiger partial charge is 0.314 e. The van der Waals surface area contributed by atoms with Crippen molar-refractivity contribution in [3.8, 4) is 0 Å². The predicted molar refractivity (Wildman–Crippen MR) is 76.6 cm³/mol. The Balaban J connectivity index is 2.35. The monoisotopic (exact) mass is 233 g/mol. The summed E-state index contributed by atoms with van der Waals surface area (Å²) in [5.74, 6) is 0. The number of aryl methyl sites for hydroxylation is 2. The maximum atomic E-state index is 3.55. The van der Waals surface area contributed by atoms with Crippen LogP contribution < -0.4 is 5.32 Å². The Bertz CT molecular complexity index is 310. The summed E-state index contributed by atoms with van der Waals surface area (Å²) in [5, 5.41) is 3.55. The van der Waals surface area contributed by atoms with Crippen LogP contribution in [0, 0.1) is 13.8 Å². The molecule has 96 valence electrons. The summed E-state index contributed by atoms with van der Waals surface area (Å²) in [5.41, 5.74) is 4.44. The summed E-state index contributed by atoms with van der Waals surface area (Å²) in [6, 6.07) is 7.25. The van der Waals surface area contributed by atoms with E-state index in [4.69, 9.17) is 0 Å². The van der Waals surface area contributed by atoms with Crippen LogP contribution >= 0.6 is 0 Å². The minimum atomic E-state index is 0.652. The molecule has 0 radical (unpaired) electrons. The van der Waals surface area contributed by atoms with Gasteiger partial charge in [-0.3, -0.25) is 0 Å². The van der Waals surface area contributed by atoms with E-state index in [9.17, 15) is 0 Å². The van der Waals surface area contributed by atoms with E-state index < -0.39 is 0 Å². The van der Waals surface area contributed by atoms with E-state index in [1.807, 2.05) is 0 Å². The number of rotatable bonds is 7. The van der Waals surface area contributed by atoms with Crippen molar-refractivity contribution in [3.05, 3.63) is 34.9 Å². The molecule has 0 saturated heterocycles. The first-order chi connectivity index (χ1) is 8.15. The van der Waals surface area contributed by atoms with Gasteiger partial charge in [0.2, 0.25) is 0 Å². The van der Waals surface area contributed by atoms with Crippen molar-refractivity contribution in [1.82, 2.24) is 5.32 Å². The molecular weight excluding hydrogens is 206 g/mol. The topological polar surface area (TPSA) is 12.0 Å². The zero-order chi connectivity index (χ0) is 12.7. The highest BCUT2D eigenvalue weighted by molar-refractivity contribution is 5.33. The molecule has 0 aliphatic rings.